The lowest BCUT2D eigenvalue weighted by Crippen LogP contribution is -2.44. The highest BCUT2D eigenvalue weighted by atomic mass is 32.1. The van der Waals surface area contributed by atoms with E-state index in [1.165, 1.54) is 16.0 Å². The highest BCUT2D eigenvalue weighted by Gasteiger charge is 2.35. The van der Waals surface area contributed by atoms with Crippen molar-refractivity contribution in [3.63, 3.8) is 0 Å². The quantitative estimate of drug-likeness (QED) is 0.766. The molecule has 0 saturated carbocycles. The summed E-state index contributed by atoms with van der Waals surface area (Å²) in [5.41, 5.74) is 4.03. The molecule has 2 aromatic rings. The van der Waals surface area contributed by atoms with Crippen molar-refractivity contribution in [3.05, 3.63) is 51.0 Å². The number of hydrogen-bond donors (Lipinski definition) is 0. The van der Waals surface area contributed by atoms with Crippen molar-refractivity contribution in [2.24, 2.45) is 5.41 Å². The number of nitrogens with zero attached hydrogens (tertiary/aromatic N) is 4. The molecular weight excluding hydrogens is 380 g/mol. The van der Waals surface area contributed by atoms with Crippen molar-refractivity contribution in [2.45, 2.75) is 52.6 Å². The van der Waals surface area contributed by atoms with Crippen molar-refractivity contribution in [1.29, 1.82) is 5.26 Å². The Labute approximate surface area is 177 Å². The van der Waals surface area contributed by atoms with Crippen LogP contribution in [0.15, 0.2) is 23.7 Å². The molecule has 4 heterocycles. The smallest absolute Gasteiger partial charge is 0.255 e. The van der Waals surface area contributed by atoms with Crippen molar-refractivity contribution < 1.29 is 4.79 Å². The number of carbonyl (C=O) groups excluding carboxylic acids is 1. The van der Waals surface area contributed by atoms with E-state index in [2.05, 4.69) is 35.0 Å². The molecular formula is C23H28N4OS. The third kappa shape index (κ3) is 4.22. The molecule has 1 saturated heterocycles. The summed E-state index contributed by atoms with van der Waals surface area (Å²) in [7, 11) is 0. The largest absolute Gasteiger partial charge is 0.337 e. The van der Waals surface area contributed by atoms with Gasteiger partial charge in [0.1, 0.15) is 0 Å². The van der Waals surface area contributed by atoms with Crippen molar-refractivity contribution in [2.75, 3.05) is 19.6 Å². The molecule has 2 aliphatic heterocycles. The number of likely N-dealkylation sites (tertiary alicyclic amines) is 1. The van der Waals surface area contributed by atoms with Gasteiger partial charge in [-0.05, 0) is 49.8 Å². The average molecular weight is 409 g/mol. The molecule has 4 rings (SSSR count). The predicted octanol–water partition coefficient (Wildman–Crippen LogP) is 4.03. The second-order valence-electron chi connectivity index (χ2n) is 8.53. The Bertz CT molecular complexity index is 929. The molecule has 1 atom stereocenters. The van der Waals surface area contributed by atoms with Gasteiger partial charge < -0.3 is 4.90 Å². The Morgan fingerprint density at radius 1 is 1.38 bits per heavy atom. The maximum Gasteiger partial charge on any atom is 0.255 e. The van der Waals surface area contributed by atoms with E-state index in [9.17, 15) is 10.1 Å². The number of carbonyl (C=O) groups is 1. The lowest BCUT2D eigenvalue weighted by atomic mass is 9.83. The lowest BCUT2D eigenvalue weighted by Gasteiger charge is -2.36. The van der Waals surface area contributed by atoms with E-state index < -0.39 is 5.41 Å². The second kappa shape index (κ2) is 8.25. The predicted molar refractivity (Wildman–Crippen MR) is 115 cm³/mol. The van der Waals surface area contributed by atoms with Crippen LogP contribution in [0.4, 0.5) is 0 Å². The Morgan fingerprint density at radius 3 is 2.97 bits per heavy atom. The minimum absolute atomic E-state index is 0.106. The SMILES string of the molecule is CCc1ccc(CN2CCc3c(C(=O)N4CCCC(C)(C#N)C4)csc3C2)nc1. The number of piperidine rings is 1. The van der Waals surface area contributed by atoms with Crippen molar-refractivity contribution in [3.8, 4) is 6.07 Å². The zero-order valence-corrected chi connectivity index (χ0v) is 18.1. The minimum Gasteiger partial charge on any atom is -0.337 e. The first-order chi connectivity index (χ1) is 14.0. The summed E-state index contributed by atoms with van der Waals surface area (Å²) in [6.45, 7) is 8.07. The van der Waals surface area contributed by atoms with E-state index in [-0.39, 0.29) is 5.91 Å². The number of hydrogen-bond acceptors (Lipinski definition) is 5. The molecule has 29 heavy (non-hydrogen) atoms. The third-order valence-corrected chi connectivity index (χ3v) is 7.20. The van der Waals surface area contributed by atoms with Gasteiger partial charge in [0.2, 0.25) is 0 Å². The van der Waals surface area contributed by atoms with Crippen LogP contribution in [-0.2, 0) is 25.9 Å². The van der Waals surface area contributed by atoms with Crippen LogP contribution in [-0.4, -0.2) is 40.3 Å². The first-order valence-corrected chi connectivity index (χ1v) is 11.4. The van der Waals surface area contributed by atoms with Crippen LogP contribution in [0.25, 0.3) is 0 Å². The van der Waals surface area contributed by atoms with Crippen LogP contribution < -0.4 is 0 Å². The van der Waals surface area contributed by atoms with E-state index in [0.29, 0.717) is 6.54 Å². The Hall–Kier alpha value is -2.23. The molecule has 0 aromatic carbocycles. The van der Waals surface area contributed by atoms with E-state index in [4.69, 9.17) is 0 Å². The number of amides is 1. The highest BCUT2D eigenvalue weighted by Crippen LogP contribution is 2.33. The fraction of sp³-hybridized carbons (Fsp3) is 0.522. The number of aryl methyl sites for hydroxylation is 1. The summed E-state index contributed by atoms with van der Waals surface area (Å²) in [4.78, 5) is 23.4. The van der Waals surface area contributed by atoms with Gasteiger partial charge in [0.05, 0.1) is 22.7 Å². The minimum atomic E-state index is -0.416. The summed E-state index contributed by atoms with van der Waals surface area (Å²) in [6.07, 6.45) is 5.66. The monoisotopic (exact) mass is 408 g/mol. The standard InChI is InChI=1S/C23H28N4OS/c1-3-17-5-6-18(25-11-17)12-26-10-7-19-20(14-29-21(19)13-26)22(28)27-9-4-8-23(2,15-24)16-27/h5-6,11,14H,3-4,7-10,12-13,16H2,1-2H3. The van der Waals surface area contributed by atoms with Crippen LogP contribution in [0.5, 0.6) is 0 Å². The first kappa shape index (κ1) is 20.1. The van der Waals surface area contributed by atoms with Gasteiger partial charge in [0.15, 0.2) is 0 Å². The molecule has 0 N–H and O–H groups in total. The summed E-state index contributed by atoms with van der Waals surface area (Å²) in [5, 5.41) is 11.5. The fourth-order valence-corrected chi connectivity index (χ4v) is 5.47. The molecule has 2 aromatic heterocycles. The van der Waals surface area contributed by atoms with Gasteiger partial charge in [-0.1, -0.05) is 13.0 Å². The normalized spacial score (nSPS) is 22.2. The molecule has 2 aliphatic rings. The molecule has 0 radical (unpaired) electrons. The Morgan fingerprint density at radius 2 is 2.24 bits per heavy atom. The number of aromatic nitrogens is 1. The zero-order chi connectivity index (χ0) is 20.4. The number of nitriles is 1. The lowest BCUT2D eigenvalue weighted by molar-refractivity contribution is 0.0628. The Balaban J connectivity index is 1.44. The molecule has 0 bridgehead atoms. The van der Waals surface area contributed by atoms with Gasteiger partial charge in [0, 0.05) is 49.2 Å². The van der Waals surface area contributed by atoms with E-state index in [1.807, 2.05) is 23.4 Å². The summed E-state index contributed by atoms with van der Waals surface area (Å²) in [6, 6.07) is 6.69. The summed E-state index contributed by atoms with van der Waals surface area (Å²) < 4.78 is 0. The maximum atomic E-state index is 13.2. The number of fused-ring (bicyclic) bond motifs is 1. The van der Waals surface area contributed by atoms with Crippen LogP contribution in [0.1, 0.15) is 58.7 Å². The van der Waals surface area contributed by atoms with Crippen LogP contribution >= 0.6 is 11.3 Å². The molecule has 1 unspecified atom stereocenters. The highest BCUT2D eigenvalue weighted by molar-refractivity contribution is 7.10. The molecule has 6 heteroatoms. The topological polar surface area (TPSA) is 60.2 Å². The van der Waals surface area contributed by atoms with Gasteiger partial charge in [-0.25, -0.2) is 0 Å². The number of rotatable bonds is 4. The average Bonchev–Trinajstić information content (AvgIpc) is 3.17. The molecule has 5 nitrogen and oxygen atoms in total. The third-order valence-electron chi connectivity index (χ3n) is 6.19. The van der Waals surface area contributed by atoms with Gasteiger partial charge >= 0.3 is 0 Å². The molecule has 1 fully saturated rings. The maximum absolute atomic E-state index is 13.2. The molecule has 152 valence electrons. The van der Waals surface area contributed by atoms with E-state index in [0.717, 1.165) is 63.1 Å². The van der Waals surface area contributed by atoms with Gasteiger partial charge in [0.25, 0.3) is 5.91 Å². The second-order valence-corrected chi connectivity index (χ2v) is 9.49. The molecule has 0 aliphatic carbocycles. The number of thiophene rings is 1. The van der Waals surface area contributed by atoms with E-state index >= 15 is 0 Å². The fourth-order valence-electron chi connectivity index (χ4n) is 4.36. The van der Waals surface area contributed by atoms with Crippen molar-refractivity contribution in [1.82, 2.24) is 14.8 Å². The van der Waals surface area contributed by atoms with Crippen LogP contribution in [0, 0.1) is 16.7 Å². The summed E-state index contributed by atoms with van der Waals surface area (Å²) >= 11 is 1.70. The van der Waals surface area contributed by atoms with Gasteiger partial charge in [-0.15, -0.1) is 11.3 Å². The van der Waals surface area contributed by atoms with Crippen LogP contribution in [0.3, 0.4) is 0 Å². The molecule has 0 spiro atoms. The zero-order valence-electron chi connectivity index (χ0n) is 17.3. The Kier molecular flexibility index (Phi) is 5.71. The van der Waals surface area contributed by atoms with Crippen LogP contribution in [0.2, 0.25) is 0 Å². The van der Waals surface area contributed by atoms with Gasteiger partial charge in [-0.3, -0.25) is 14.7 Å². The van der Waals surface area contributed by atoms with Crippen molar-refractivity contribution >= 4 is 17.2 Å². The van der Waals surface area contributed by atoms with E-state index in [1.54, 1.807) is 11.3 Å². The van der Waals surface area contributed by atoms with Gasteiger partial charge in [-0.2, -0.15) is 5.26 Å². The first-order valence-electron chi connectivity index (χ1n) is 10.5. The summed E-state index contributed by atoms with van der Waals surface area (Å²) in [5.74, 6) is 0.106. The molecule has 1 amide bonds. The number of pyridine rings is 1.